The Balaban J connectivity index is 0.000000158. The molecule has 8 heterocycles. The molecule has 18 aromatic rings. The molecule has 0 atom stereocenters. The molecule has 10 aromatic carbocycles. The summed E-state index contributed by atoms with van der Waals surface area (Å²) in [6, 6.07) is 97.6. The van der Waals surface area contributed by atoms with Crippen LogP contribution in [0.4, 0.5) is 0 Å². The zero-order chi connectivity index (χ0) is 58.1. The molecule has 0 saturated carbocycles. The lowest BCUT2D eigenvalue weighted by Crippen LogP contribution is -1.98. The van der Waals surface area contributed by atoms with E-state index in [1.54, 1.807) is 0 Å². The molecule has 412 valence electrons. The molecule has 8 aromatic heterocycles. The summed E-state index contributed by atoms with van der Waals surface area (Å²) in [4.78, 5) is 19.2. The fraction of sp³-hybridized carbons (Fsp3) is 0. The van der Waals surface area contributed by atoms with Crippen molar-refractivity contribution < 1.29 is 8.83 Å². The van der Waals surface area contributed by atoms with Crippen LogP contribution in [0, 0.1) is 0 Å². The third kappa shape index (κ3) is 8.61. The molecule has 0 unspecified atom stereocenters. The monoisotopic (exact) mass is 1130 g/mol. The molecule has 8 heteroatoms. The fourth-order valence-corrected chi connectivity index (χ4v) is 13.0. The van der Waals surface area contributed by atoms with Crippen LogP contribution in [0.2, 0.25) is 0 Å². The first kappa shape index (κ1) is 50.5. The summed E-state index contributed by atoms with van der Waals surface area (Å²) in [7, 11) is 0. The van der Waals surface area contributed by atoms with Gasteiger partial charge in [0.15, 0.2) is 0 Å². The quantitative estimate of drug-likeness (QED) is 0.151. The normalized spacial score (nSPS) is 11.6. The van der Waals surface area contributed by atoms with Crippen molar-refractivity contribution in [3.63, 3.8) is 0 Å². The average molecular weight is 1130 g/mol. The molecule has 0 aliphatic rings. The van der Waals surface area contributed by atoms with Crippen molar-refractivity contribution in [2.45, 2.75) is 0 Å². The van der Waals surface area contributed by atoms with Gasteiger partial charge in [0.2, 0.25) is 0 Å². The van der Waals surface area contributed by atoms with Crippen LogP contribution in [0.25, 0.3) is 166 Å². The maximum atomic E-state index is 6.00. The van der Waals surface area contributed by atoms with Gasteiger partial charge in [-0.3, -0.25) is 19.9 Å². The van der Waals surface area contributed by atoms with Gasteiger partial charge in [0.25, 0.3) is 0 Å². The Hall–Kier alpha value is -12.0. The molecule has 0 fully saturated rings. The molecule has 0 radical (unpaired) electrons. The second kappa shape index (κ2) is 21.0. The lowest BCUT2D eigenvalue weighted by molar-refractivity contribution is 0.668. The first-order valence-corrected chi connectivity index (χ1v) is 29.5. The largest absolute Gasteiger partial charge is 0.456 e. The van der Waals surface area contributed by atoms with E-state index < -0.39 is 0 Å². The number of aromatic nitrogens is 6. The van der Waals surface area contributed by atoms with E-state index in [1.165, 1.54) is 22.3 Å². The molecule has 0 aliphatic carbocycles. The van der Waals surface area contributed by atoms with Gasteiger partial charge in [-0.1, -0.05) is 146 Å². The minimum atomic E-state index is 0.920. The standard InChI is InChI=1S/C50H32N6.C30H18O2/c1-3-16-39(43-18-5-7-26-51-43)37(14-1)33-22-24-45-41(30-33)49-47(20-10-28-53-49)55(45)35-12-9-13-36(32-35)56-46-25-23-34(31-42(46)50-48(56)21-11-29-54-50)38-15-2-4-17-40(38)44-19-6-8-27-52-44;1-3-10-27-23(8-1)25-17-21(12-14-29(25)31-27)19-6-5-7-20(16-19)22-13-15-30-26(18-22)24-9-2-4-11-28(24)32-30/h1-32H;1-18H. The summed E-state index contributed by atoms with van der Waals surface area (Å²) in [5, 5.41) is 6.79. The predicted octanol–water partition coefficient (Wildman–Crippen LogP) is 20.9. The number of benzene rings is 10. The van der Waals surface area contributed by atoms with Gasteiger partial charge in [-0.05, 0) is 178 Å². The van der Waals surface area contributed by atoms with Gasteiger partial charge in [0, 0.05) is 79.6 Å². The zero-order valence-corrected chi connectivity index (χ0v) is 47.4. The number of pyridine rings is 4. The molecule has 0 bridgehead atoms. The molecule has 0 aliphatic heterocycles. The van der Waals surface area contributed by atoms with Gasteiger partial charge in [0.1, 0.15) is 22.3 Å². The van der Waals surface area contributed by atoms with Gasteiger partial charge >= 0.3 is 0 Å². The van der Waals surface area contributed by atoms with Crippen LogP contribution in [0.5, 0.6) is 0 Å². The van der Waals surface area contributed by atoms with Crippen LogP contribution < -0.4 is 0 Å². The minimum absolute atomic E-state index is 0.920. The summed E-state index contributed by atoms with van der Waals surface area (Å²) in [5.74, 6) is 0. The molecule has 88 heavy (non-hydrogen) atoms. The highest BCUT2D eigenvalue weighted by Gasteiger charge is 2.20. The Kier molecular flexibility index (Phi) is 12.0. The smallest absolute Gasteiger partial charge is 0.135 e. The Bertz CT molecular complexity index is 5370. The predicted molar refractivity (Wildman–Crippen MR) is 360 cm³/mol. The Morgan fingerprint density at radius 3 is 1.11 bits per heavy atom. The second-order valence-electron chi connectivity index (χ2n) is 22.1. The number of nitrogens with zero attached hydrogens (tertiary/aromatic N) is 6. The number of fused-ring (bicyclic) bond motifs is 12. The Morgan fingerprint density at radius 2 is 0.625 bits per heavy atom. The fourth-order valence-electron chi connectivity index (χ4n) is 13.0. The molecule has 0 N–H and O–H groups in total. The van der Waals surface area contributed by atoms with Crippen molar-refractivity contribution in [2.24, 2.45) is 0 Å². The van der Waals surface area contributed by atoms with Crippen molar-refractivity contribution in [3.05, 3.63) is 304 Å². The van der Waals surface area contributed by atoms with E-state index in [4.69, 9.17) is 18.8 Å². The van der Waals surface area contributed by atoms with Crippen LogP contribution in [-0.4, -0.2) is 29.1 Å². The van der Waals surface area contributed by atoms with Crippen LogP contribution in [0.15, 0.2) is 313 Å². The molecule has 0 saturated heterocycles. The van der Waals surface area contributed by atoms with E-state index in [1.807, 2.05) is 85.5 Å². The van der Waals surface area contributed by atoms with Crippen molar-refractivity contribution in [1.29, 1.82) is 0 Å². The summed E-state index contributed by atoms with van der Waals surface area (Å²) in [6.45, 7) is 0. The van der Waals surface area contributed by atoms with Crippen molar-refractivity contribution in [3.8, 4) is 78.4 Å². The summed E-state index contributed by atoms with van der Waals surface area (Å²) in [5.41, 5.74) is 25.4. The topological polar surface area (TPSA) is 87.7 Å². The van der Waals surface area contributed by atoms with E-state index in [9.17, 15) is 0 Å². The number of rotatable bonds is 8. The van der Waals surface area contributed by atoms with Gasteiger partial charge in [-0.25, -0.2) is 0 Å². The van der Waals surface area contributed by atoms with Gasteiger partial charge in [-0.2, -0.15) is 0 Å². The number of hydrogen-bond donors (Lipinski definition) is 0. The van der Waals surface area contributed by atoms with Crippen molar-refractivity contribution in [2.75, 3.05) is 0 Å². The van der Waals surface area contributed by atoms with Crippen LogP contribution in [-0.2, 0) is 0 Å². The second-order valence-corrected chi connectivity index (χ2v) is 22.1. The van der Waals surface area contributed by atoms with Crippen LogP contribution in [0.1, 0.15) is 0 Å². The van der Waals surface area contributed by atoms with E-state index in [0.717, 1.165) is 144 Å². The third-order valence-electron chi connectivity index (χ3n) is 17.0. The number of furan rings is 2. The highest BCUT2D eigenvalue weighted by molar-refractivity contribution is 6.11. The minimum Gasteiger partial charge on any atom is -0.456 e. The van der Waals surface area contributed by atoms with Gasteiger partial charge in [-0.15, -0.1) is 0 Å². The van der Waals surface area contributed by atoms with Crippen molar-refractivity contribution >= 4 is 87.7 Å². The summed E-state index contributed by atoms with van der Waals surface area (Å²) >= 11 is 0. The highest BCUT2D eigenvalue weighted by Crippen LogP contribution is 2.41. The SMILES string of the molecule is c1cc(-c2ccc3oc4ccccc4c3c2)cc(-c2ccc3oc4ccccc4c3c2)c1.c1ccc(-c2ccccc2-c2ccc3c(c2)c2ncccc2n3-c2cccc(-n3c4ccc(-c5ccccc5-c5ccccn5)cc4c4ncccc43)c2)nc1. The van der Waals surface area contributed by atoms with E-state index in [0.29, 0.717) is 0 Å². The van der Waals surface area contributed by atoms with Crippen molar-refractivity contribution in [1.82, 2.24) is 29.1 Å². The molecule has 0 amide bonds. The van der Waals surface area contributed by atoms with E-state index in [-0.39, 0.29) is 0 Å². The van der Waals surface area contributed by atoms with Crippen LogP contribution >= 0.6 is 0 Å². The van der Waals surface area contributed by atoms with E-state index in [2.05, 4.69) is 237 Å². The lowest BCUT2D eigenvalue weighted by atomic mass is 9.96. The maximum absolute atomic E-state index is 6.00. The molecule has 0 spiro atoms. The first-order chi connectivity index (χ1) is 43.6. The average Bonchev–Trinajstić information content (AvgIpc) is 2.06. The van der Waals surface area contributed by atoms with Gasteiger partial charge in [0.05, 0.1) is 44.5 Å². The molecule has 8 nitrogen and oxygen atoms in total. The zero-order valence-electron chi connectivity index (χ0n) is 47.4. The highest BCUT2D eigenvalue weighted by atomic mass is 16.3. The first-order valence-electron chi connectivity index (χ1n) is 29.5. The molecular formula is C80H50N6O2. The third-order valence-corrected chi connectivity index (χ3v) is 17.0. The number of hydrogen-bond acceptors (Lipinski definition) is 6. The maximum Gasteiger partial charge on any atom is 0.135 e. The Labute approximate surface area is 505 Å². The van der Waals surface area contributed by atoms with E-state index >= 15 is 0 Å². The Morgan fingerprint density at radius 1 is 0.227 bits per heavy atom. The van der Waals surface area contributed by atoms with Gasteiger partial charge < -0.3 is 18.0 Å². The summed E-state index contributed by atoms with van der Waals surface area (Å²) < 4.78 is 16.6. The summed E-state index contributed by atoms with van der Waals surface area (Å²) in [6.07, 6.45) is 7.45. The lowest BCUT2D eigenvalue weighted by Gasteiger charge is -2.13. The van der Waals surface area contributed by atoms with Crippen LogP contribution in [0.3, 0.4) is 0 Å². The number of para-hydroxylation sites is 2. The molecule has 18 rings (SSSR count). The molecular weight excluding hydrogens is 1080 g/mol.